The molecule has 0 saturated carbocycles. The van der Waals surface area contributed by atoms with E-state index in [4.69, 9.17) is 4.42 Å². The predicted octanol–water partition coefficient (Wildman–Crippen LogP) is 3.94. The van der Waals surface area contributed by atoms with Crippen molar-refractivity contribution in [3.63, 3.8) is 0 Å². The van der Waals surface area contributed by atoms with Gasteiger partial charge in [0.05, 0.1) is 10.6 Å². The summed E-state index contributed by atoms with van der Waals surface area (Å²) >= 11 is 0. The minimum Gasteiger partial charge on any atom is -0.453 e. The van der Waals surface area contributed by atoms with Crippen LogP contribution in [0, 0.1) is 10.1 Å². The molecule has 122 valence electrons. The fourth-order valence-electron chi connectivity index (χ4n) is 2.52. The summed E-state index contributed by atoms with van der Waals surface area (Å²) in [4.78, 5) is 27.0. The molecule has 0 atom stereocenters. The number of anilines is 2. The molecule has 2 aromatic rings. The summed E-state index contributed by atoms with van der Waals surface area (Å²) in [5.41, 5.74) is 2.45. The van der Waals surface area contributed by atoms with E-state index in [0.717, 1.165) is 0 Å². The Morgan fingerprint density at radius 2 is 1.80 bits per heavy atom. The summed E-state index contributed by atoms with van der Waals surface area (Å²) in [6.07, 6.45) is 0. The highest BCUT2D eigenvalue weighted by Crippen LogP contribution is 2.26. The first kappa shape index (κ1) is 14.8. The highest BCUT2D eigenvalue weighted by molar-refractivity contribution is 5.77. The number of non-ortho nitro benzene ring substituents is 1. The van der Waals surface area contributed by atoms with E-state index >= 15 is 0 Å². The quantitative estimate of drug-likeness (QED) is 0.346. The molecular weight excluding hydrogens is 322 g/mol. The van der Waals surface area contributed by atoms with Gasteiger partial charge in [0, 0.05) is 23.9 Å². The minimum absolute atomic E-state index is 0.0154. The first-order valence-electron chi connectivity index (χ1n) is 7.45. The van der Waals surface area contributed by atoms with Crippen LogP contribution < -0.4 is 10.7 Å². The first-order chi connectivity index (χ1) is 12.1. The molecule has 0 fully saturated rings. The third kappa shape index (κ3) is 2.78. The van der Waals surface area contributed by atoms with E-state index in [1.54, 1.807) is 24.3 Å². The Bertz CT molecular complexity index is 1120. The molecule has 0 aromatic heterocycles. The summed E-state index contributed by atoms with van der Waals surface area (Å²) in [6.45, 7) is 0. The lowest BCUT2D eigenvalue weighted by molar-refractivity contribution is -0.384. The van der Waals surface area contributed by atoms with Gasteiger partial charge in [0.15, 0.2) is 11.3 Å². The van der Waals surface area contributed by atoms with Gasteiger partial charge in [0.2, 0.25) is 5.43 Å². The molecule has 0 radical (unpaired) electrons. The second-order valence-electron chi connectivity index (χ2n) is 5.43. The van der Waals surface area contributed by atoms with Crippen molar-refractivity contribution in [2.24, 2.45) is 0 Å². The van der Waals surface area contributed by atoms with Crippen molar-refractivity contribution in [2.45, 2.75) is 0 Å². The number of nitrogens with zero attached hydrogens (tertiary/aromatic N) is 2. The van der Waals surface area contributed by atoms with Crippen LogP contribution in [-0.2, 0) is 0 Å². The summed E-state index contributed by atoms with van der Waals surface area (Å²) in [5, 5.41) is 13.7. The second-order valence-corrected chi connectivity index (χ2v) is 5.43. The highest BCUT2D eigenvalue weighted by atomic mass is 16.6. The van der Waals surface area contributed by atoms with E-state index in [0.29, 0.717) is 33.9 Å². The van der Waals surface area contributed by atoms with Gasteiger partial charge < -0.3 is 9.73 Å². The van der Waals surface area contributed by atoms with E-state index < -0.39 is 4.92 Å². The van der Waals surface area contributed by atoms with Crippen LogP contribution >= 0.6 is 0 Å². The van der Waals surface area contributed by atoms with Crippen molar-refractivity contribution in [3.8, 4) is 11.5 Å². The molecule has 0 unspecified atom stereocenters. The maximum Gasteiger partial charge on any atom is 0.269 e. The van der Waals surface area contributed by atoms with Gasteiger partial charge in [0.1, 0.15) is 11.2 Å². The maximum atomic E-state index is 12.3. The number of hydrogen-bond acceptors (Lipinski definition) is 6. The molecule has 1 aliphatic heterocycles. The molecule has 0 amide bonds. The lowest BCUT2D eigenvalue weighted by Crippen LogP contribution is -2.08. The fourth-order valence-corrected chi connectivity index (χ4v) is 2.52. The topological polar surface area (TPSA) is 98.3 Å². The number of para-hydroxylation sites is 2. The van der Waals surface area contributed by atoms with Crippen molar-refractivity contribution in [1.29, 1.82) is 0 Å². The number of nitro groups is 1. The number of nitrogens with one attached hydrogen (secondary N) is 1. The predicted molar refractivity (Wildman–Crippen MR) is 93.3 cm³/mol. The Kier molecular flexibility index (Phi) is 3.39. The normalized spacial score (nSPS) is 10.9. The van der Waals surface area contributed by atoms with Crippen LogP contribution in [0.1, 0.15) is 0 Å². The molecule has 0 saturated heterocycles. The van der Waals surface area contributed by atoms with E-state index in [1.807, 2.05) is 18.2 Å². The third-order valence-electron chi connectivity index (χ3n) is 3.74. The molecule has 7 nitrogen and oxygen atoms in total. The van der Waals surface area contributed by atoms with Gasteiger partial charge in [0.25, 0.3) is 5.69 Å². The van der Waals surface area contributed by atoms with Gasteiger partial charge in [-0.1, -0.05) is 12.1 Å². The zero-order valence-electron chi connectivity index (χ0n) is 12.8. The van der Waals surface area contributed by atoms with Crippen molar-refractivity contribution in [2.75, 3.05) is 5.32 Å². The molecule has 1 N–H and O–H groups in total. The number of fused-ring (bicyclic) bond motifs is 2. The Hall–Kier alpha value is -3.74. The van der Waals surface area contributed by atoms with Gasteiger partial charge in [-0.25, -0.2) is 4.98 Å². The summed E-state index contributed by atoms with van der Waals surface area (Å²) in [6, 6.07) is 16.1. The van der Waals surface area contributed by atoms with Crippen LogP contribution in [0.4, 0.5) is 17.1 Å². The number of rotatable bonds is 3. The van der Waals surface area contributed by atoms with Gasteiger partial charge in [-0.05, 0) is 30.3 Å². The zero-order valence-corrected chi connectivity index (χ0v) is 12.8. The Morgan fingerprint density at radius 3 is 2.56 bits per heavy atom. The molecular formula is C18H11N3O4. The Morgan fingerprint density at radius 1 is 1.04 bits per heavy atom. The van der Waals surface area contributed by atoms with Gasteiger partial charge in [-0.15, -0.1) is 0 Å². The van der Waals surface area contributed by atoms with Crippen LogP contribution in [0.25, 0.3) is 22.6 Å². The molecule has 25 heavy (non-hydrogen) atoms. The number of aromatic nitrogens is 1. The lowest BCUT2D eigenvalue weighted by Gasteiger charge is -2.09. The smallest absolute Gasteiger partial charge is 0.269 e. The van der Waals surface area contributed by atoms with E-state index in [2.05, 4.69) is 10.3 Å². The van der Waals surface area contributed by atoms with E-state index in [9.17, 15) is 14.9 Å². The van der Waals surface area contributed by atoms with Crippen LogP contribution in [0.5, 0.6) is 0 Å². The molecule has 0 bridgehead atoms. The van der Waals surface area contributed by atoms with Crippen molar-refractivity contribution in [1.82, 2.24) is 4.98 Å². The van der Waals surface area contributed by atoms with Gasteiger partial charge in [-0.2, -0.15) is 0 Å². The lowest BCUT2D eigenvalue weighted by atomic mass is 10.2. The second kappa shape index (κ2) is 5.72. The summed E-state index contributed by atoms with van der Waals surface area (Å²) in [5.74, 6) is 0.401. The first-order valence-corrected chi connectivity index (χ1v) is 7.45. The minimum atomic E-state index is -0.477. The molecule has 7 heteroatoms. The Labute approximate surface area is 141 Å². The monoisotopic (exact) mass is 333 g/mol. The molecule has 2 aromatic carbocycles. The van der Waals surface area contributed by atoms with Crippen LogP contribution in [0.15, 0.2) is 69.9 Å². The molecule has 1 aliphatic carbocycles. The summed E-state index contributed by atoms with van der Waals surface area (Å²) in [7, 11) is 0. The zero-order chi connectivity index (χ0) is 17.4. The SMILES string of the molecule is O=c1cc2oc3ccccc3nc-2cc1Nc1ccc([N+](=O)[O-])cc1. The molecule has 0 spiro atoms. The number of benzene rings is 3. The Balaban J connectivity index is 1.75. The maximum absolute atomic E-state index is 12.3. The number of hydrogen-bond donors (Lipinski definition) is 1. The van der Waals surface area contributed by atoms with Crippen LogP contribution in [0.2, 0.25) is 0 Å². The average molecular weight is 333 g/mol. The highest BCUT2D eigenvalue weighted by Gasteiger charge is 2.13. The molecule has 1 heterocycles. The van der Waals surface area contributed by atoms with Gasteiger partial charge >= 0.3 is 0 Å². The molecule has 2 aliphatic rings. The van der Waals surface area contributed by atoms with E-state index in [1.165, 1.54) is 18.2 Å². The van der Waals surface area contributed by atoms with Crippen LogP contribution in [-0.4, -0.2) is 9.91 Å². The van der Waals surface area contributed by atoms with Crippen molar-refractivity contribution >= 4 is 28.2 Å². The fraction of sp³-hybridized carbons (Fsp3) is 0. The van der Waals surface area contributed by atoms with E-state index in [-0.39, 0.29) is 11.1 Å². The third-order valence-corrected chi connectivity index (χ3v) is 3.74. The summed E-state index contributed by atoms with van der Waals surface area (Å²) < 4.78 is 5.71. The number of nitro benzene ring substituents is 1. The average Bonchev–Trinajstić information content (AvgIpc) is 2.61. The van der Waals surface area contributed by atoms with Crippen molar-refractivity contribution < 1.29 is 9.34 Å². The van der Waals surface area contributed by atoms with Gasteiger partial charge in [-0.3, -0.25) is 14.9 Å². The van der Waals surface area contributed by atoms with Crippen LogP contribution in [0.3, 0.4) is 0 Å². The van der Waals surface area contributed by atoms with Crippen molar-refractivity contribution in [3.05, 3.63) is 81.0 Å². The standard InChI is InChI=1S/C18H11N3O4/c22-16-10-18-15(20-13-3-1-2-4-17(13)25-18)9-14(16)19-11-5-7-12(8-6-11)21(23)24/h1-10,19H. The largest absolute Gasteiger partial charge is 0.453 e. The molecule has 4 rings (SSSR count).